The predicted octanol–water partition coefficient (Wildman–Crippen LogP) is 5.42. The summed E-state index contributed by atoms with van der Waals surface area (Å²) in [5, 5.41) is 1.15. The molecule has 0 spiro atoms. The molecule has 1 heterocycles. The minimum Gasteiger partial charge on any atom is -0.464 e. The first-order valence-corrected chi connectivity index (χ1v) is 6.83. The second-order valence-corrected chi connectivity index (χ2v) is 5.26. The predicted molar refractivity (Wildman–Crippen MR) is 78.7 cm³/mol. The molecule has 0 radical (unpaired) electrons. The summed E-state index contributed by atoms with van der Waals surface area (Å²) in [4.78, 5) is 0. The van der Waals surface area contributed by atoms with Gasteiger partial charge in [-0.2, -0.15) is 0 Å². The van der Waals surface area contributed by atoms with Crippen molar-refractivity contribution in [2.75, 3.05) is 0 Å². The van der Waals surface area contributed by atoms with Crippen LogP contribution in [0, 0.1) is 0 Å². The van der Waals surface area contributed by atoms with E-state index < -0.39 is 0 Å². The zero-order valence-electron chi connectivity index (χ0n) is 10.1. The second-order valence-electron chi connectivity index (χ2n) is 4.34. The molecule has 3 rings (SSSR count). The van der Waals surface area contributed by atoms with Crippen LogP contribution in [-0.2, 0) is 6.42 Å². The van der Waals surface area contributed by atoms with Crippen LogP contribution in [0.2, 0.25) is 0 Å². The molecule has 0 unspecified atom stereocenters. The second kappa shape index (κ2) is 4.62. The van der Waals surface area contributed by atoms with Gasteiger partial charge in [-0.1, -0.05) is 47.1 Å². The maximum absolute atomic E-state index is 5.59. The zero-order valence-corrected chi connectivity index (χ0v) is 11.7. The van der Waals surface area contributed by atoms with Crippen LogP contribution in [0.3, 0.4) is 0 Å². The average molecular weight is 301 g/mol. The third-order valence-corrected chi connectivity index (χ3v) is 3.70. The summed E-state index contributed by atoms with van der Waals surface area (Å²) < 4.78 is 6.67. The molecule has 0 aliphatic rings. The molecule has 2 aromatic carbocycles. The van der Waals surface area contributed by atoms with Crippen molar-refractivity contribution in [2.24, 2.45) is 0 Å². The van der Waals surface area contributed by atoms with Gasteiger partial charge in [0.05, 0.1) is 6.26 Å². The Morgan fingerprint density at radius 2 is 1.83 bits per heavy atom. The number of benzene rings is 2. The lowest BCUT2D eigenvalue weighted by atomic mass is 10.0. The number of aryl methyl sites for hydroxylation is 1. The quantitative estimate of drug-likeness (QED) is 0.615. The molecule has 0 aliphatic heterocycles. The molecule has 0 saturated carbocycles. The molecule has 3 aromatic rings. The summed E-state index contributed by atoms with van der Waals surface area (Å²) in [5.74, 6) is 0. The van der Waals surface area contributed by atoms with Gasteiger partial charge in [0.1, 0.15) is 5.58 Å². The van der Waals surface area contributed by atoms with E-state index in [1.165, 1.54) is 11.1 Å². The minimum absolute atomic E-state index is 0.924. The Hall–Kier alpha value is -1.54. The van der Waals surface area contributed by atoms with Crippen LogP contribution in [0.5, 0.6) is 0 Å². The molecule has 0 amide bonds. The highest BCUT2D eigenvalue weighted by Crippen LogP contribution is 2.32. The summed E-state index contributed by atoms with van der Waals surface area (Å²) in [7, 11) is 0. The fourth-order valence-corrected chi connectivity index (χ4v) is 2.51. The first-order valence-electron chi connectivity index (χ1n) is 6.04. The van der Waals surface area contributed by atoms with Crippen molar-refractivity contribution in [3.05, 3.63) is 58.8 Å². The van der Waals surface area contributed by atoms with Crippen LogP contribution in [0.25, 0.3) is 22.1 Å². The Bertz CT molecular complexity index is 680. The SMILES string of the molecule is CCc1ccc(-c2coc3ccc(Br)cc23)cc1. The summed E-state index contributed by atoms with van der Waals surface area (Å²) >= 11 is 3.50. The van der Waals surface area contributed by atoms with Gasteiger partial charge in [-0.15, -0.1) is 0 Å². The Kier molecular flexibility index (Phi) is 2.96. The minimum atomic E-state index is 0.924. The van der Waals surface area contributed by atoms with Gasteiger partial charge in [0.25, 0.3) is 0 Å². The standard InChI is InChI=1S/C16H13BrO/c1-2-11-3-5-12(6-4-11)15-10-18-16-8-7-13(17)9-14(15)16/h3-10H,2H2,1H3. The van der Waals surface area contributed by atoms with E-state index in [2.05, 4.69) is 53.2 Å². The van der Waals surface area contributed by atoms with Crippen molar-refractivity contribution in [2.45, 2.75) is 13.3 Å². The van der Waals surface area contributed by atoms with Gasteiger partial charge in [0.2, 0.25) is 0 Å². The molecule has 0 saturated heterocycles. The molecular formula is C16H13BrO. The third kappa shape index (κ3) is 1.97. The maximum atomic E-state index is 5.59. The third-order valence-electron chi connectivity index (χ3n) is 3.21. The topological polar surface area (TPSA) is 13.1 Å². The first kappa shape index (κ1) is 11.5. The van der Waals surface area contributed by atoms with Gasteiger partial charge in [0.15, 0.2) is 0 Å². The molecule has 0 aliphatic carbocycles. The lowest BCUT2D eigenvalue weighted by molar-refractivity contribution is 0.617. The number of halogens is 1. The highest BCUT2D eigenvalue weighted by molar-refractivity contribution is 9.10. The van der Waals surface area contributed by atoms with Crippen LogP contribution in [0.4, 0.5) is 0 Å². The van der Waals surface area contributed by atoms with Crippen molar-refractivity contribution in [3.63, 3.8) is 0 Å². The van der Waals surface area contributed by atoms with Gasteiger partial charge >= 0.3 is 0 Å². The number of furan rings is 1. The van der Waals surface area contributed by atoms with Crippen molar-refractivity contribution in [1.82, 2.24) is 0 Å². The number of hydrogen-bond acceptors (Lipinski definition) is 1. The van der Waals surface area contributed by atoms with Crippen molar-refractivity contribution < 1.29 is 4.42 Å². The van der Waals surface area contributed by atoms with E-state index in [-0.39, 0.29) is 0 Å². The zero-order chi connectivity index (χ0) is 12.5. The molecule has 2 heteroatoms. The molecular weight excluding hydrogens is 288 g/mol. The normalized spacial score (nSPS) is 11.0. The molecule has 0 fully saturated rings. The number of rotatable bonds is 2. The Morgan fingerprint density at radius 3 is 2.56 bits per heavy atom. The average Bonchev–Trinajstić information content (AvgIpc) is 2.82. The van der Waals surface area contributed by atoms with Gasteiger partial charge < -0.3 is 4.42 Å². The molecule has 1 aromatic heterocycles. The van der Waals surface area contributed by atoms with Crippen LogP contribution >= 0.6 is 15.9 Å². The maximum Gasteiger partial charge on any atom is 0.134 e. The highest BCUT2D eigenvalue weighted by Gasteiger charge is 2.08. The summed E-state index contributed by atoms with van der Waals surface area (Å²) in [6, 6.07) is 14.7. The van der Waals surface area contributed by atoms with Crippen molar-refractivity contribution >= 4 is 26.9 Å². The van der Waals surface area contributed by atoms with E-state index in [4.69, 9.17) is 4.42 Å². The van der Waals surface area contributed by atoms with Crippen LogP contribution in [-0.4, -0.2) is 0 Å². The molecule has 0 atom stereocenters. The Balaban J connectivity index is 2.15. The van der Waals surface area contributed by atoms with Gasteiger partial charge in [-0.25, -0.2) is 0 Å². The Labute approximate surface area is 115 Å². The fourth-order valence-electron chi connectivity index (χ4n) is 2.14. The smallest absolute Gasteiger partial charge is 0.134 e. The monoisotopic (exact) mass is 300 g/mol. The van der Waals surface area contributed by atoms with Crippen LogP contribution in [0.1, 0.15) is 12.5 Å². The largest absolute Gasteiger partial charge is 0.464 e. The van der Waals surface area contributed by atoms with Crippen molar-refractivity contribution in [3.8, 4) is 11.1 Å². The summed E-state index contributed by atoms with van der Waals surface area (Å²) in [5.41, 5.74) is 4.62. The van der Waals surface area contributed by atoms with E-state index in [0.717, 1.165) is 27.4 Å². The van der Waals surface area contributed by atoms with Crippen molar-refractivity contribution in [1.29, 1.82) is 0 Å². The van der Waals surface area contributed by atoms with E-state index in [1.54, 1.807) is 0 Å². The molecule has 0 bridgehead atoms. The van der Waals surface area contributed by atoms with Crippen LogP contribution < -0.4 is 0 Å². The van der Waals surface area contributed by atoms with Gasteiger partial charge in [0, 0.05) is 15.4 Å². The molecule has 1 nitrogen and oxygen atoms in total. The summed E-state index contributed by atoms with van der Waals surface area (Å²) in [6.45, 7) is 2.17. The van der Waals surface area contributed by atoms with Crippen LogP contribution in [0.15, 0.2) is 57.6 Å². The van der Waals surface area contributed by atoms with Gasteiger partial charge in [-0.05, 0) is 35.7 Å². The first-order chi connectivity index (χ1) is 8.78. The number of fused-ring (bicyclic) bond motifs is 1. The molecule has 0 N–H and O–H groups in total. The summed E-state index contributed by atoms with van der Waals surface area (Å²) in [6.07, 6.45) is 2.90. The van der Waals surface area contributed by atoms with Gasteiger partial charge in [-0.3, -0.25) is 0 Å². The van der Waals surface area contributed by atoms with E-state index >= 15 is 0 Å². The van der Waals surface area contributed by atoms with E-state index in [9.17, 15) is 0 Å². The van der Waals surface area contributed by atoms with E-state index in [1.807, 2.05) is 18.4 Å². The Morgan fingerprint density at radius 1 is 1.06 bits per heavy atom. The number of hydrogen-bond donors (Lipinski definition) is 0. The highest BCUT2D eigenvalue weighted by atomic mass is 79.9. The fraction of sp³-hybridized carbons (Fsp3) is 0.125. The molecule has 90 valence electrons. The molecule has 18 heavy (non-hydrogen) atoms. The lowest BCUT2D eigenvalue weighted by Crippen LogP contribution is -1.80. The lowest BCUT2D eigenvalue weighted by Gasteiger charge is -2.01. The van der Waals surface area contributed by atoms with E-state index in [0.29, 0.717) is 0 Å².